The Hall–Kier alpha value is -1.09. The SMILES string of the molecule is CCCNC(CC)COc1ccc(C)c(F)c1. The normalized spacial score (nSPS) is 12.5. The molecule has 2 nitrogen and oxygen atoms in total. The van der Waals surface area contributed by atoms with Gasteiger partial charge in [-0.15, -0.1) is 0 Å². The van der Waals surface area contributed by atoms with Gasteiger partial charge in [-0.3, -0.25) is 0 Å². The molecule has 0 radical (unpaired) electrons. The fraction of sp³-hybridized carbons (Fsp3) is 0.571. The van der Waals surface area contributed by atoms with Crippen LogP contribution in [-0.2, 0) is 0 Å². The summed E-state index contributed by atoms with van der Waals surface area (Å²) in [6, 6.07) is 5.33. The molecule has 1 aromatic rings. The predicted octanol–water partition coefficient (Wildman–Crippen LogP) is 3.29. The van der Waals surface area contributed by atoms with Gasteiger partial charge in [0.2, 0.25) is 0 Å². The molecule has 0 heterocycles. The predicted molar refractivity (Wildman–Crippen MR) is 69.0 cm³/mol. The van der Waals surface area contributed by atoms with Gasteiger partial charge in [-0.2, -0.15) is 0 Å². The number of benzene rings is 1. The van der Waals surface area contributed by atoms with Crippen molar-refractivity contribution in [1.29, 1.82) is 0 Å². The van der Waals surface area contributed by atoms with Crippen LogP contribution in [0.15, 0.2) is 18.2 Å². The van der Waals surface area contributed by atoms with E-state index >= 15 is 0 Å². The molecule has 1 N–H and O–H groups in total. The van der Waals surface area contributed by atoms with Gasteiger partial charge in [-0.05, 0) is 37.9 Å². The molecule has 1 unspecified atom stereocenters. The molecule has 0 aliphatic carbocycles. The fourth-order valence-corrected chi connectivity index (χ4v) is 1.53. The lowest BCUT2D eigenvalue weighted by molar-refractivity contribution is 0.259. The van der Waals surface area contributed by atoms with E-state index < -0.39 is 0 Å². The molecule has 0 aliphatic rings. The van der Waals surface area contributed by atoms with E-state index in [2.05, 4.69) is 19.2 Å². The molecular formula is C14H22FNO. The third kappa shape index (κ3) is 4.73. The maximum Gasteiger partial charge on any atom is 0.129 e. The highest BCUT2D eigenvalue weighted by atomic mass is 19.1. The Morgan fingerprint density at radius 1 is 1.35 bits per heavy atom. The van der Waals surface area contributed by atoms with Crippen molar-refractivity contribution in [2.45, 2.75) is 39.7 Å². The lowest BCUT2D eigenvalue weighted by atomic mass is 10.2. The molecule has 0 fully saturated rings. The lowest BCUT2D eigenvalue weighted by Crippen LogP contribution is -2.34. The largest absolute Gasteiger partial charge is 0.492 e. The van der Waals surface area contributed by atoms with Crippen LogP contribution in [0.25, 0.3) is 0 Å². The summed E-state index contributed by atoms with van der Waals surface area (Å²) in [5.74, 6) is 0.391. The van der Waals surface area contributed by atoms with E-state index in [1.165, 1.54) is 6.07 Å². The van der Waals surface area contributed by atoms with Crippen molar-refractivity contribution in [1.82, 2.24) is 5.32 Å². The number of rotatable bonds is 7. The van der Waals surface area contributed by atoms with Crippen LogP contribution in [0.3, 0.4) is 0 Å². The van der Waals surface area contributed by atoms with Gasteiger partial charge in [0.25, 0.3) is 0 Å². The molecule has 0 saturated carbocycles. The van der Waals surface area contributed by atoms with E-state index in [1.54, 1.807) is 13.0 Å². The highest BCUT2D eigenvalue weighted by Gasteiger charge is 2.06. The van der Waals surface area contributed by atoms with Gasteiger partial charge in [0.15, 0.2) is 0 Å². The van der Waals surface area contributed by atoms with Gasteiger partial charge in [-0.1, -0.05) is 19.9 Å². The second-order valence-electron chi connectivity index (χ2n) is 4.28. The van der Waals surface area contributed by atoms with Crippen LogP contribution < -0.4 is 10.1 Å². The molecule has 1 aromatic carbocycles. The van der Waals surface area contributed by atoms with E-state index in [9.17, 15) is 4.39 Å². The van der Waals surface area contributed by atoms with Crippen molar-refractivity contribution in [3.05, 3.63) is 29.6 Å². The molecule has 0 aromatic heterocycles. The summed E-state index contributed by atoms with van der Waals surface area (Å²) in [4.78, 5) is 0. The fourth-order valence-electron chi connectivity index (χ4n) is 1.53. The van der Waals surface area contributed by atoms with Crippen LogP contribution >= 0.6 is 0 Å². The molecule has 0 spiro atoms. The lowest BCUT2D eigenvalue weighted by Gasteiger charge is -2.17. The number of hydrogen-bond acceptors (Lipinski definition) is 2. The Morgan fingerprint density at radius 2 is 2.12 bits per heavy atom. The average molecular weight is 239 g/mol. The third-order valence-corrected chi connectivity index (χ3v) is 2.77. The van der Waals surface area contributed by atoms with Crippen LogP contribution in [-0.4, -0.2) is 19.2 Å². The zero-order chi connectivity index (χ0) is 12.7. The van der Waals surface area contributed by atoms with Gasteiger partial charge >= 0.3 is 0 Å². The Balaban J connectivity index is 2.45. The van der Waals surface area contributed by atoms with E-state index in [-0.39, 0.29) is 5.82 Å². The number of aryl methyl sites for hydroxylation is 1. The van der Waals surface area contributed by atoms with Crippen LogP contribution in [0.2, 0.25) is 0 Å². The first kappa shape index (κ1) is 14.0. The molecule has 0 amide bonds. The highest BCUT2D eigenvalue weighted by molar-refractivity contribution is 5.27. The monoisotopic (exact) mass is 239 g/mol. The molecule has 96 valence electrons. The number of nitrogens with one attached hydrogen (secondary N) is 1. The summed E-state index contributed by atoms with van der Waals surface area (Å²) in [6.07, 6.45) is 2.12. The minimum Gasteiger partial charge on any atom is -0.492 e. The van der Waals surface area contributed by atoms with Gasteiger partial charge in [0, 0.05) is 12.1 Å². The Kier molecular flexibility index (Phi) is 5.98. The Labute approximate surface area is 103 Å². The number of halogens is 1. The number of ether oxygens (including phenoxy) is 1. The van der Waals surface area contributed by atoms with Crippen LogP contribution in [0.4, 0.5) is 4.39 Å². The third-order valence-electron chi connectivity index (χ3n) is 2.77. The molecule has 3 heteroatoms. The van der Waals surface area contributed by atoms with Gasteiger partial charge in [0.1, 0.15) is 18.2 Å². The quantitative estimate of drug-likeness (QED) is 0.788. The molecule has 0 saturated heterocycles. The average Bonchev–Trinajstić information content (AvgIpc) is 2.34. The molecule has 0 bridgehead atoms. The Bertz CT molecular complexity index is 341. The number of hydrogen-bond donors (Lipinski definition) is 1. The van der Waals surface area contributed by atoms with Crippen molar-refractivity contribution in [2.75, 3.05) is 13.2 Å². The zero-order valence-electron chi connectivity index (χ0n) is 10.9. The summed E-state index contributed by atoms with van der Waals surface area (Å²) >= 11 is 0. The van der Waals surface area contributed by atoms with E-state index in [0.717, 1.165) is 19.4 Å². The van der Waals surface area contributed by atoms with Crippen molar-refractivity contribution in [3.63, 3.8) is 0 Å². The van der Waals surface area contributed by atoms with Crippen molar-refractivity contribution in [3.8, 4) is 5.75 Å². The molecule has 1 rings (SSSR count). The van der Waals surface area contributed by atoms with Crippen molar-refractivity contribution in [2.24, 2.45) is 0 Å². The second kappa shape index (κ2) is 7.28. The van der Waals surface area contributed by atoms with Gasteiger partial charge < -0.3 is 10.1 Å². The summed E-state index contributed by atoms with van der Waals surface area (Å²) in [5.41, 5.74) is 0.647. The topological polar surface area (TPSA) is 21.3 Å². The summed E-state index contributed by atoms with van der Waals surface area (Å²) < 4.78 is 18.9. The molecule has 17 heavy (non-hydrogen) atoms. The summed E-state index contributed by atoms with van der Waals surface area (Å²) in [5, 5.41) is 3.40. The second-order valence-corrected chi connectivity index (χ2v) is 4.28. The first-order chi connectivity index (χ1) is 8.17. The van der Waals surface area contributed by atoms with Crippen LogP contribution in [0, 0.1) is 12.7 Å². The molecule has 1 atom stereocenters. The van der Waals surface area contributed by atoms with Crippen LogP contribution in [0.1, 0.15) is 32.3 Å². The minimum atomic E-state index is -0.211. The van der Waals surface area contributed by atoms with Gasteiger partial charge in [-0.25, -0.2) is 4.39 Å². The Morgan fingerprint density at radius 3 is 2.71 bits per heavy atom. The first-order valence-corrected chi connectivity index (χ1v) is 6.29. The van der Waals surface area contributed by atoms with E-state index in [0.29, 0.717) is 24.0 Å². The smallest absolute Gasteiger partial charge is 0.129 e. The van der Waals surface area contributed by atoms with Crippen molar-refractivity contribution >= 4 is 0 Å². The highest BCUT2D eigenvalue weighted by Crippen LogP contribution is 2.16. The van der Waals surface area contributed by atoms with Gasteiger partial charge in [0.05, 0.1) is 0 Å². The van der Waals surface area contributed by atoms with E-state index in [4.69, 9.17) is 4.74 Å². The first-order valence-electron chi connectivity index (χ1n) is 6.29. The standard InChI is InChI=1S/C14H22FNO/c1-4-8-16-12(5-2)10-17-13-7-6-11(3)14(15)9-13/h6-7,9,12,16H,4-5,8,10H2,1-3H3. The summed E-state index contributed by atoms with van der Waals surface area (Å²) in [6.45, 7) is 7.57. The zero-order valence-corrected chi connectivity index (χ0v) is 10.9. The van der Waals surface area contributed by atoms with Crippen molar-refractivity contribution < 1.29 is 9.13 Å². The maximum atomic E-state index is 13.3. The minimum absolute atomic E-state index is 0.211. The van der Waals surface area contributed by atoms with Crippen LogP contribution in [0.5, 0.6) is 5.75 Å². The summed E-state index contributed by atoms with van der Waals surface area (Å²) in [7, 11) is 0. The van der Waals surface area contributed by atoms with E-state index in [1.807, 2.05) is 6.07 Å². The maximum absolute atomic E-state index is 13.3. The molecule has 0 aliphatic heterocycles. The molecular weight excluding hydrogens is 217 g/mol.